The zero-order valence-electron chi connectivity index (χ0n) is 8.94. The Labute approximate surface area is 97.0 Å². The number of hydrogen-bond acceptors (Lipinski definition) is 5. The first-order valence-corrected chi connectivity index (χ1v) is 6.46. The highest BCUT2D eigenvalue weighted by Crippen LogP contribution is 2.35. The Morgan fingerprint density at radius 1 is 1.33 bits per heavy atom. The van der Waals surface area contributed by atoms with Gasteiger partial charge in [-0.25, -0.2) is 9.97 Å². The van der Waals surface area contributed by atoms with Crippen molar-refractivity contribution in [1.29, 1.82) is 0 Å². The van der Waals surface area contributed by atoms with E-state index in [4.69, 9.17) is 5.73 Å². The second kappa shape index (κ2) is 3.90. The van der Waals surface area contributed by atoms with Crippen molar-refractivity contribution in [2.24, 2.45) is 0 Å². The maximum absolute atomic E-state index is 5.64. The van der Waals surface area contributed by atoms with Gasteiger partial charge in [-0.15, -0.1) is 22.7 Å². The van der Waals surface area contributed by atoms with Crippen LogP contribution < -0.4 is 5.73 Å². The maximum Gasteiger partial charge on any atom is 0.180 e. The number of anilines is 1. The normalized spacial score (nSPS) is 11.2. The molecule has 2 heterocycles. The van der Waals surface area contributed by atoms with Crippen molar-refractivity contribution >= 4 is 27.8 Å². The third kappa shape index (κ3) is 2.03. The van der Waals surface area contributed by atoms with E-state index < -0.39 is 0 Å². The van der Waals surface area contributed by atoms with Gasteiger partial charge in [-0.1, -0.05) is 13.8 Å². The number of nitrogens with two attached hydrogens (primary N) is 1. The smallest absolute Gasteiger partial charge is 0.180 e. The molecule has 0 unspecified atom stereocenters. The molecule has 0 aromatic carbocycles. The first-order chi connectivity index (χ1) is 7.08. The van der Waals surface area contributed by atoms with Crippen molar-refractivity contribution in [1.82, 2.24) is 9.97 Å². The highest BCUT2D eigenvalue weighted by molar-refractivity contribution is 7.16. The topological polar surface area (TPSA) is 51.8 Å². The molecule has 80 valence electrons. The Kier molecular flexibility index (Phi) is 2.75. The summed E-state index contributed by atoms with van der Waals surface area (Å²) in [5.74, 6) is 0.424. The molecule has 0 amide bonds. The van der Waals surface area contributed by atoms with E-state index in [1.807, 2.05) is 12.3 Å². The molecule has 0 aliphatic heterocycles. The summed E-state index contributed by atoms with van der Waals surface area (Å²) in [6, 6.07) is 0. The van der Waals surface area contributed by atoms with Crippen LogP contribution in [0.4, 0.5) is 5.13 Å². The van der Waals surface area contributed by atoms with Crippen molar-refractivity contribution in [3.63, 3.8) is 0 Å². The van der Waals surface area contributed by atoms with Crippen LogP contribution in [0.15, 0.2) is 5.38 Å². The summed E-state index contributed by atoms with van der Waals surface area (Å²) in [6.45, 7) is 6.32. The Morgan fingerprint density at radius 2 is 2.07 bits per heavy atom. The second-order valence-electron chi connectivity index (χ2n) is 3.67. The van der Waals surface area contributed by atoms with Crippen LogP contribution in [0.2, 0.25) is 0 Å². The third-order valence-electron chi connectivity index (χ3n) is 2.06. The highest BCUT2D eigenvalue weighted by Gasteiger charge is 2.16. The van der Waals surface area contributed by atoms with Gasteiger partial charge in [0.2, 0.25) is 0 Å². The van der Waals surface area contributed by atoms with E-state index in [1.165, 1.54) is 11.3 Å². The molecule has 0 radical (unpaired) electrons. The Morgan fingerprint density at radius 3 is 2.60 bits per heavy atom. The largest absolute Gasteiger partial charge is 0.375 e. The first-order valence-electron chi connectivity index (χ1n) is 4.76. The molecule has 0 fully saturated rings. The highest BCUT2D eigenvalue weighted by atomic mass is 32.1. The van der Waals surface area contributed by atoms with Crippen molar-refractivity contribution < 1.29 is 0 Å². The van der Waals surface area contributed by atoms with Crippen LogP contribution in [0.5, 0.6) is 0 Å². The number of nitrogens with zero attached hydrogens (tertiary/aromatic N) is 2. The molecule has 5 heteroatoms. The van der Waals surface area contributed by atoms with Crippen molar-refractivity contribution in [2.45, 2.75) is 26.7 Å². The molecule has 0 aliphatic rings. The van der Waals surface area contributed by atoms with Gasteiger partial charge in [0.05, 0.1) is 21.3 Å². The van der Waals surface area contributed by atoms with Crippen LogP contribution in [0, 0.1) is 6.92 Å². The van der Waals surface area contributed by atoms with Gasteiger partial charge in [0.15, 0.2) is 5.13 Å². The molecule has 0 saturated carbocycles. The van der Waals surface area contributed by atoms with E-state index in [9.17, 15) is 0 Å². The van der Waals surface area contributed by atoms with Gasteiger partial charge in [0.25, 0.3) is 0 Å². The fourth-order valence-corrected chi connectivity index (χ4v) is 3.07. The van der Waals surface area contributed by atoms with Crippen LogP contribution >= 0.6 is 22.7 Å². The zero-order chi connectivity index (χ0) is 11.0. The molecule has 2 N–H and O–H groups in total. The minimum atomic E-state index is 0.424. The van der Waals surface area contributed by atoms with E-state index in [0.29, 0.717) is 11.0 Å². The lowest BCUT2D eigenvalue weighted by molar-refractivity contribution is 0.830. The van der Waals surface area contributed by atoms with E-state index >= 15 is 0 Å². The van der Waals surface area contributed by atoms with Crippen molar-refractivity contribution in [3.8, 4) is 10.6 Å². The quantitative estimate of drug-likeness (QED) is 0.875. The summed E-state index contributed by atoms with van der Waals surface area (Å²) in [7, 11) is 0. The van der Waals surface area contributed by atoms with Crippen LogP contribution in [0.25, 0.3) is 10.6 Å². The lowest BCUT2D eigenvalue weighted by atomic mass is 10.1. The predicted octanol–water partition coefficient (Wildman–Crippen LogP) is 3.28. The minimum Gasteiger partial charge on any atom is -0.375 e. The average Bonchev–Trinajstić information content (AvgIpc) is 2.71. The second-order valence-corrected chi connectivity index (χ2v) is 5.77. The summed E-state index contributed by atoms with van der Waals surface area (Å²) in [5, 5.41) is 3.69. The molecule has 3 nitrogen and oxygen atoms in total. The predicted molar refractivity (Wildman–Crippen MR) is 66.5 cm³/mol. The van der Waals surface area contributed by atoms with Gasteiger partial charge >= 0.3 is 0 Å². The molecule has 15 heavy (non-hydrogen) atoms. The van der Waals surface area contributed by atoms with Crippen LogP contribution in [-0.4, -0.2) is 9.97 Å². The van der Waals surface area contributed by atoms with Gasteiger partial charge < -0.3 is 5.73 Å². The van der Waals surface area contributed by atoms with Gasteiger partial charge in [0.1, 0.15) is 0 Å². The fraction of sp³-hybridized carbons (Fsp3) is 0.400. The average molecular weight is 239 g/mol. The van der Waals surface area contributed by atoms with Gasteiger partial charge in [-0.3, -0.25) is 0 Å². The molecule has 0 atom stereocenters. The Hall–Kier alpha value is -0.940. The van der Waals surface area contributed by atoms with Crippen molar-refractivity contribution in [2.75, 3.05) is 5.73 Å². The summed E-state index contributed by atoms with van der Waals surface area (Å²) in [6.07, 6.45) is 0. The zero-order valence-corrected chi connectivity index (χ0v) is 10.6. The number of nitrogen functional groups attached to an aromatic ring is 1. The van der Waals surface area contributed by atoms with E-state index in [1.54, 1.807) is 11.3 Å². The molecule has 2 aromatic rings. The summed E-state index contributed by atoms with van der Waals surface area (Å²) < 4.78 is 0. The number of rotatable bonds is 2. The Bertz CT molecular complexity index is 471. The van der Waals surface area contributed by atoms with Gasteiger partial charge in [-0.2, -0.15) is 0 Å². The number of aryl methyl sites for hydroxylation is 1. The number of hydrogen-bond donors (Lipinski definition) is 1. The molecule has 0 bridgehead atoms. The summed E-state index contributed by atoms with van der Waals surface area (Å²) >= 11 is 3.16. The van der Waals surface area contributed by atoms with Crippen LogP contribution in [-0.2, 0) is 0 Å². The fourth-order valence-electron chi connectivity index (χ4n) is 1.41. The molecule has 2 rings (SSSR count). The SMILES string of the molecule is Cc1nc(C(C)C)c(-c2csc(N)n2)s1. The minimum absolute atomic E-state index is 0.424. The summed E-state index contributed by atoms with van der Waals surface area (Å²) in [4.78, 5) is 10.0. The first kappa shape index (κ1) is 10.6. The molecule has 2 aromatic heterocycles. The summed E-state index contributed by atoms with van der Waals surface area (Å²) in [5.41, 5.74) is 7.73. The monoisotopic (exact) mass is 239 g/mol. The van der Waals surface area contributed by atoms with E-state index in [-0.39, 0.29) is 0 Å². The van der Waals surface area contributed by atoms with Gasteiger partial charge in [0, 0.05) is 5.38 Å². The molecule has 0 saturated heterocycles. The van der Waals surface area contributed by atoms with Crippen LogP contribution in [0.1, 0.15) is 30.5 Å². The Balaban J connectivity index is 2.52. The lowest BCUT2D eigenvalue weighted by Gasteiger charge is -2.02. The number of thiazole rings is 2. The van der Waals surface area contributed by atoms with Gasteiger partial charge in [-0.05, 0) is 12.8 Å². The molecular weight excluding hydrogens is 226 g/mol. The third-order valence-corrected chi connectivity index (χ3v) is 3.74. The molecule has 0 spiro atoms. The van der Waals surface area contributed by atoms with E-state index in [0.717, 1.165) is 21.3 Å². The number of aromatic nitrogens is 2. The molecule has 0 aliphatic carbocycles. The standard InChI is InChI=1S/C10H13N3S2/c1-5(2)8-9(15-6(3)12-8)7-4-14-10(11)13-7/h4-5H,1-3H3,(H2,11,13). The van der Waals surface area contributed by atoms with Crippen molar-refractivity contribution in [3.05, 3.63) is 16.1 Å². The maximum atomic E-state index is 5.64. The van der Waals surface area contributed by atoms with E-state index in [2.05, 4.69) is 23.8 Å². The van der Waals surface area contributed by atoms with Crippen LogP contribution in [0.3, 0.4) is 0 Å². The molecular formula is C10H13N3S2. The lowest BCUT2D eigenvalue weighted by Crippen LogP contribution is -1.91.